The van der Waals surface area contributed by atoms with Crippen LogP contribution < -0.4 is 15.8 Å². The summed E-state index contributed by atoms with van der Waals surface area (Å²) < 4.78 is 5.25. The summed E-state index contributed by atoms with van der Waals surface area (Å²) in [5, 5.41) is 3.79. The summed E-state index contributed by atoms with van der Waals surface area (Å²) in [6.45, 7) is 0.480. The van der Waals surface area contributed by atoms with Gasteiger partial charge in [-0.2, -0.15) is 0 Å². The van der Waals surface area contributed by atoms with Crippen molar-refractivity contribution in [3.05, 3.63) is 47.1 Å². The van der Waals surface area contributed by atoms with Gasteiger partial charge >= 0.3 is 0 Å². The zero-order valence-corrected chi connectivity index (χ0v) is 10.7. The van der Waals surface area contributed by atoms with Gasteiger partial charge in [-0.3, -0.25) is 0 Å². The molecule has 0 radical (unpaired) electrons. The number of rotatable bonds is 4. The highest BCUT2D eigenvalue weighted by molar-refractivity contribution is 6.31. The van der Waals surface area contributed by atoms with Crippen LogP contribution in [-0.2, 0) is 6.54 Å². The fraction of sp³-hybridized carbons (Fsp3) is 0.154. The number of aromatic nitrogens is 1. The quantitative estimate of drug-likeness (QED) is 0.890. The lowest BCUT2D eigenvalue weighted by atomic mass is 10.2. The van der Waals surface area contributed by atoms with Crippen molar-refractivity contribution in [2.45, 2.75) is 6.54 Å². The van der Waals surface area contributed by atoms with Crippen molar-refractivity contribution in [2.24, 2.45) is 5.73 Å². The van der Waals surface area contributed by atoms with Crippen LogP contribution in [-0.4, -0.2) is 12.1 Å². The van der Waals surface area contributed by atoms with Crippen LogP contribution in [0.4, 0.5) is 11.5 Å². The first kappa shape index (κ1) is 12.7. The van der Waals surface area contributed by atoms with Gasteiger partial charge in [0.2, 0.25) is 0 Å². The molecule has 0 fully saturated rings. The molecule has 0 bridgehead atoms. The van der Waals surface area contributed by atoms with Crippen molar-refractivity contribution < 1.29 is 4.74 Å². The summed E-state index contributed by atoms with van der Waals surface area (Å²) >= 11 is 5.96. The van der Waals surface area contributed by atoms with Crippen LogP contribution in [0.25, 0.3) is 0 Å². The lowest BCUT2D eigenvalue weighted by Gasteiger charge is -2.11. The fourth-order valence-corrected chi connectivity index (χ4v) is 1.71. The zero-order valence-electron chi connectivity index (χ0n) is 9.98. The lowest BCUT2D eigenvalue weighted by molar-refractivity contribution is 0.417. The van der Waals surface area contributed by atoms with Crippen LogP contribution in [0, 0.1) is 0 Å². The third-order valence-electron chi connectivity index (χ3n) is 2.48. The highest BCUT2D eigenvalue weighted by atomic mass is 35.5. The number of benzene rings is 1. The minimum Gasteiger partial charge on any atom is -0.495 e. The number of pyridine rings is 1. The Bertz CT molecular complexity index is 528. The molecule has 0 amide bonds. The summed E-state index contributed by atoms with van der Waals surface area (Å²) in [5.74, 6) is 1.43. The van der Waals surface area contributed by atoms with Crippen LogP contribution in [0.3, 0.4) is 0 Å². The SMILES string of the molecule is COc1ccc(Cl)cc1Nc1ccc(CN)cn1. The molecule has 1 aromatic carbocycles. The molecule has 0 saturated heterocycles. The van der Waals surface area contributed by atoms with Crippen molar-refractivity contribution >= 4 is 23.1 Å². The molecule has 0 spiro atoms. The van der Waals surface area contributed by atoms with E-state index in [1.54, 1.807) is 31.5 Å². The Hall–Kier alpha value is -1.78. The second-order valence-electron chi connectivity index (χ2n) is 3.73. The van der Waals surface area contributed by atoms with Crippen LogP contribution in [0.5, 0.6) is 5.75 Å². The van der Waals surface area contributed by atoms with Gasteiger partial charge in [-0.25, -0.2) is 4.98 Å². The smallest absolute Gasteiger partial charge is 0.142 e. The molecule has 1 heterocycles. The second-order valence-corrected chi connectivity index (χ2v) is 4.16. The van der Waals surface area contributed by atoms with Crippen LogP contribution in [0.1, 0.15) is 5.56 Å². The predicted molar refractivity (Wildman–Crippen MR) is 73.4 cm³/mol. The topological polar surface area (TPSA) is 60.2 Å². The maximum Gasteiger partial charge on any atom is 0.142 e. The highest BCUT2D eigenvalue weighted by Crippen LogP contribution is 2.29. The Morgan fingerprint density at radius 2 is 2.17 bits per heavy atom. The monoisotopic (exact) mass is 263 g/mol. The van der Waals surface area contributed by atoms with Crippen LogP contribution in [0.15, 0.2) is 36.5 Å². The third-order valence-corrected chi connectivity index (χ3v) is 2.72. The maximum absolute atomic E-state index is 5.96. The summed E-state index contributed by atoms with van der Waals surface area (Å²) in [6, 6.07) is 9.16. The van der Waals surface area contributed by atoms with E-state index in [0.717, 1.165) is 11.3 Å². The first-order chi connectivity index (χ1) is 8.72. The molecule has 0 aliphatic carbocycles. The van der Waals surface area contributed by atoms with Crippen molar-refractivity contribution in [3.8, 4) is 5.75 Å². The van der Waals surface area contributed by atoms with E-state index in [4.69, 9.17) is 22.1 Å². The first-order valence-electron chi connectivity index (χ1n) is 5.48. The molecular formula is C13H14ClN3O. The van der Waals surface area contributed by atoms with Gasteiger partial charge < -0.3 is 15.8 Å². The molecule has 4 nitrogen and oxygen atoms in total. The molecule has 94 valence electrons. The van der Waals surface area contributed by atoms with Crippen molar-refractivity contribution in [1.82, 2.24) is 4.98 Å². The fourth-order valence-electron chi connectivity index (χ4n) is 1.54. The van der Waals surface area contributed by atoms with Crippen LogP contribution >= 0.6 is 11.6 Å². The Balaban J connectivity index is 2.24. The van der Waals surface area contributed by atoms with Crippen LogP contribution in [0.2, 0.25) is 5.02 Å². The van der Waals surface area contributed by atoms with E-state index in [2.05, 4.69) is 10.3 Å². The molecule has 0 unspecified atom stereocenters. The number of methoxy groups -OCH3 is 1. The summed E-state index contributed by atoms with van der Waals surface area (Å²) in [5.41, 5.74) is 7.28. The van der Waals surface area contributed by atoms with Gasteiger partial charge in [0, 0.05) is 17.8 Å². The molecule has 2 rings (SSSR count). The number of halogens is 1. The average molecular weight is 264 g/mol. The average Bonchev–Trinajstić information content (AvgIpc) is 2.40. The minimum atomic E-state index is 0.480. The minimum absolute atomic E-state index is 0.480. The second kappa shape index (κ2) is 5.71. The first-order valence-corrected chi connectivity index (χ1v) is 5.86. The number of hydrogen-bond donors (Lipinski definition) is 2. The molecule has 5 heteroatoms. The summed E-state index contributed by atoms with van der Waals surface area (Å²) in [6.07, 6.45) is 1.74. The number of nitrogens with two attached hydrogens (primary N) is 1. The van der Waals surface area contributed by atoms with Crippen molar-refractivity contribution in [3.63, 3.8) is 0 Å². The van der Waals surface area contributed by atoms with Gasteiger partial charge in [-0.1, -0.05) is 17.7 Å². The zero-order chi connectivity index (χ0) is 13.0. The third kappa shape index (κ3) is 2.91. The lowest BCUT2D eigenvalue weighted by Crippen LogP contribution is -1.99. The molecule has 0 atom stereocenters. The summed E-state index contributed by atoms with van der Waals surface area (Å²) in [7, 11) is 1.61. The van der Waals surface area contributed by atoms with Crippen molar-refractivity contribution in [2.75, 3.05) is 12.4 Å². The van der Waals surface area contributed by atoms with E-state index in [9.17, 15) is 0 Å². The number of nitrogens with zero attached hydrogens (tertiary/aromatic N) is 1. The van der Waals surface area contributed by atoms with E-state index in [1.165, 1.54) is 0 Å². The van der Waals surface area contributed by atoms with Gasteiger partial charge in [-0.15, -0.1) is 0 Å². The number of nitrogens with one attached hydrogen (secondary N) is 1. The van der Waals surface area contributed by atoms with Gasteiger partial charge in [0.15, 0.2) is 0 Å². The van der Waals surface area contributed by atoms with E-state index in [1.807, 2.05) is 12.1 Å². The molecule has 3 N–H and O–H groups in total. The Morgan fingerprint density at radius 3 is 2.78 bits per heavy atom. The summed E-state index contributed by atoms with van der Waals surface area (Å²) in [4.78, 5) is 4.26. The van der Waals surface area contributed by atoms with E-state index < -0.39 is 0 Å². The highest BCUT2D eigenvalue weighted by Gasteiger charge is 2.04. The molecule has 0 aliphatic rings. The Morgan fingerprint density at radius 1 is 1.33 bits per heavy atom. The number of anilines is 2. The van der Waals surface area contributed by atoms with E-state index >= 15 is 0 Å². The molecule has 0 saturated carbocycles. The maximum atomic E-state index is 5.96. The van der Waals surface area contributed by atoms with Gasteiger partial charge in [0.05, 0.1) is 12.8 Å². The molecule has 0 aliphatic heterocycles. The largest absolute Gasteiger partial charge is 0.495 e. The Labute approximate surface area is 111 Å². The van der Waals surface area contributed by atoms with Crippen molar-refractivity contribution in [1.29, 1.82) is 0 Å². The standard InChI is InChI=1S/C13H14ClN3O/c1-18-12-4-3-10(14)6-11(12)17-13-5-2-9(7-15)8-16-13/h2-6,8H,7,15H2,1H3,(H,16,17). The van der Waals surface area contributed by atoms with E-state index in [0.29, 0.717) is 23.1 Å². The van der Waals surface area contributed by atoms with Gasteiger partial charge in [-0.05, 0) is 29.8 Å². The predicted octanol–water partition coefficient (Wildman–Crippen LogP) is 2.95. The van der Waals surface area contributed by atoms with Gasteiger partial charge in [0.25, 0.3) is 0 Å². The van der Waals surface area contributed by atoms with E-state index in [-0.39, 0.29) is 0 Å². The number of hydrogen-bond acceptors (Lipinski definition) is 4. The molecule has 18 heavy (non-hydrogen) atoms. The normalized spacial score (nSPS) is 10.2. The Kier molecular flexibility index (Phi) is 4.02. The van der Waals surface area contributed by atoms with Gasteiger partial charge in [0.1, 0.15) is 11.6 Å². The molecular weight excluding hydrogens is 250 g/mol. The molecule has 2 aromatic rings. The molecule has 1 aromatic heterocycles. The number of ether oxygens (including phenoxy) is 1.